The number of hydrogen-bond acceptors (Lipinski definition) is 4. The quantitative estimate of drug-likeness (QED) is 0.627. The van der Waals surface area contributed by atoms with Crippen LogP contribution in [0.25, 0.3) is 0 Å². The minimum Gasteiger partial charge on any atom is -0.462 e. The maximum Gasteiger partial charge on any atom is 0.312 e. The van der Waals surface area contributed by atoms with Gasteiger partial charge < -0.3 is 14.2 Å². The van der Waals surface area contributed by atoms with Gasteiger partial charge in [-0.2, -0.15) is 0 Å². The number of rotatable bonds is 4. The van der Waals surface area contributed by atoms with Crippen molar-refractivity contribution in [3.05, 3.63) is 0 Å². The van der Waals surface area contributed by atoms with Gasteiger partial charge in [0.1, 0.15) is 12.7 Å². The lowest BCUT2D eigenvalue weighted by Crippen LogP contribution is -2.44. The van der Waals surface area contributed by atoms with E-state index in [-0.39, 0.29) is 23.8 Å². The van der Waals surface area contributed by atoms with E-state index in [1.54, 1.807) is 0 Å². The summed E-state index contributed by atoms with van der Waals surface area (Å²) < 4.78 is 18.1. The molecule has 0 aromatic rings. The second-order valence-electron chi connectivity index (χ2n) is 11.0. The van der Waals surface area contributed by atoms with Gasteiger partial charge in [-0.1, -0.05) is 39.0 Å². The van der Waals surface area contributed by atoms with Crippen LogP contribution in [0.3, 0.4) is 0 Å². The first-order chi connectivity index (χ1) is 13.6. The number of carbonyl (C=O) groups excluding carboxylic acids is 1. The molecule has 5 rings (SSSR count). The van der Waals surface area contributed by atoms with Crippen LogP contribution in [0, 0.1) is 35.0 Å². The van der Waals surface area contributed by atoms with Crippen molar-refractivity contribution in [2.75, 3.05) is 13.2 Å². The van der Waals surface area contributed by atoms with Crippen molar-refractivity contribution in [1.82, 2.24) is 0 Å². The van der Waals surface area contributed by atoms with Crippen LogP contribution in [-0.2, 0) is 19.0 Å². The van der Waals surface area contributed by atoms with Crippen molar-refractivity contribution in [1.29, 1.82) is 0 Å². The van der Waals surface area contributed by atoms with E-state index in [1.807, 2.05) is 0 Å². The molecule has 7 atom stereocenters. The van der Waals surface area contributed by atoms with Crippen LogP contribution in [0.4, 0.5) is 0 Å². The lowest BCUT2D eigenvalue weighted by molar-refractivity contribution is -0.169. The Hall–Kier alpha value is -0.610. The Labute approximate surface area is 170 Å². The Morgan fingerprint density at radius 3 is 2.61 bits per heavy atom. The summed E-state index contributed by atoms with van der Waals surface area (Å²) >= 11 is 0. The van der Waals surface area contributed by atoms with Crippen LogP contribution >= 0.6 is 0 Å². The number of hydrogen-bond donors (Lipinski definition) is 0. The second-order valence-corrected chi connectivity index (χ2v) is 11.0. The molecule has 4 nitrogen and oxygen atoms in total. The Bertz CT molecular complexity index is 561. The predicted molar refractivity (Wildman–Crippen MR) is 107 cm³/mol. The third-order valence-electron chi connectivity index (χ3n) is 8.58. The SMILES string of the molecule is CC1CC2CCCC(C(=O)OCC3COC(C4CC5CCCC(C5)C4)O3)(C1)C2. The molecule has 0 radical (unpaired) electrons. The first-order valence-corrected chi connectivity index (χ1v) is 12.0. The first kappa shape index (κ1) is 19.4. The van der Waals surface area contributed by atoms with Crippen molar-refractivity contribution in [3.8, 4) is 0 Å². The summed E-state index contributed by atoms with van der Waals surface area (Å²) in [5, 5.41) is 0. The van der Waals surface area contributed by atoms with E-state index >= 15 is 0 Å². The molecule has 158 valence electrons. The Morgan fingerprint density at radius 1 is 1.00 bits per heavy atom. The summed E-state index contributed by atoms with van der Waals surface area (Å²) in [5.74, 6) is 3.73. The van der Waals surface area contributed by atoms with Crippen LogP contribution in [0.1, 0.15) is 84.0 Å². The van der Waals surface area contributed by atoms with Gasteiger partial charge in [0.05, 0.1) is 12.0 Å². The van der Waals surface area contributed by atoms with Crippen LogP contribution in [0.5, 0.6) is 0 Å². The van der Waals surface area contributed by atoms with Crippen LogP contribution in [0.15, 0.2) is 0 Å². The molecule has 4 bridgehead atoms. The number of esters is 1. The first-order valence-electron chi connectivity index (χ1n) is 12.0. The average molecular weight is 391 g/mol. The van der Waals surface area contributed by atoms with E-state index in [9.17, 15) is 4.79 Å². The third kappa shape index (κ3) is 3.88. The minimum atomic E-state index is -0.208. The highest BCUT2D eigenvalue weighted by Crippen LogP contribution is 2.51. The molecule has 4 heteroatoms. The van der Waals surface area contributed by atoms with Crippen LogP contribution < -0.4 is 0 Å². The normalized spacial score (nSPS) is 48.2. The number of carbonyl (C=O) groups is 1. The van der Waals surface area contributed by atoms with Crippen molar-refractivity contribution in [2.24, 2.45) is 35.0 Å². The summed E-state index contributed by atoms with van der Waals surface area (Å²) in [5.41, 5.74) is -0.208. The highest BCUT2D eigenvalue weighted by Gasteiger charge is 2.48. The number of ether oxygens (including phenoxy) is 3. The molecule has 4 saturated carbocycles. The van der Waals surface area contributed by atoms with E-state index in [2.05, 4.69) is 6.92 Å². The fourth-order valence-electron chi connectivity index (χ4n) is 7.59. The van der Waals surface area contributed by atoms with Crippen molar-refractivity contribution in [3.63, 3.8) is 0 Å². The monoisotopic (exact) mass is 390 g/mol. The van der Waals surface area contributed by atoms with Gasteiger partial charge in [-0.15, -0.1) is 0 Å². The Balaban J connectivity index is 1.12. The molecule has 0 aromatic heterocycles. The van der Waals surface area contributed by atoms with Gasteiger partial charge in [-0.05, 0) is 68.6 Å². The van der Waals surface area contributed by atoms with Crippen molar-refractivity contribution in [2.45, 2.75) is 96.4 Å². The summed E-state index contributed by atoms with van der Waals surface area (Å²) in [6.07, 6.45) is 14.8. The van der Waals surface area contributed by atoms with Crippen LogP contribution in [0.2, 0.25) is 0 Å². The molecule has 1 saturated heterocycles. The molecule has 0 amide bonds. The van der Waals surface area contributed by atoms with Crippen LogP contribution in [-0.4, -0.2) is 31.6 Å². The molecular formula is C24H38O4. The zero-order chi connectivity index (χ0) is 19.1. The van der Waals surface area contributed by atoms with Gasteiger partial charge in [0, 0.05) is 5.92 Å². The van der Waals surface area contributed by atoms with Crippen molar-refractivity contribution >= 4 is 5.97 Å². The van der Waals surface area contributed by atoms with Crippen molar-refractivity contribution < 1.29 is 19.0 Å². The third-order valence-corrected chi connectivity index (χ3v) is 8.58. The Kier molecular flexibility index (Phi) is 5.47. The average Bonchev–Trinajstić information content (AvgIpc) is 3.14. The Morgan fingerprint density at radius 2 is 1.79 bits per heavy atom. The maximum atomic E-state index is 13.0. The minimum absolute atomic E-state index is 0.0444. The molecular weight excluding hydrogens is 352 g/mol. The second kappa shape index (κ2) is 7.91. The number of fused-ring (bicyclic) bond motifs is 4. The van der Waals surface area contributed by atoms with Gasteiger partial charge in [-0.25, -0.2) is 0 Å². The van der Waals surface area contributed by atoms with Gasteiger partial charge >= 0.3 is 5.97 Å². The summed E-state index contributed by atoms with van der Waals surface area (Å²) in [6.45, 7) is 3.25. The van der Waals surface area contributed by atoms with E-state index in [4.69, 9.17) is 14.2 Å². The molecule has 0 aromatic carbocycles. The summed E-state index contributed by atoms with van der Waals surface area (Å²) in [4.78, 5) is 13.0. The van der Waals surface area contributed by atoms with Gasteiger partial charge in [0.15, 0.2) is 6.29 Å². The lowest BCUT2D eigenvalue weighted by Gasteiger charge is -2.45. The predicted octanol–water partition coefficient (Wildman–Crippen LogP) is 5.09. The smallest absolute Gasteiger partial charge is 0.312 e. The molecule has 1 aliphatic heterocycles. The summed E-state index contributed by atoms with van der Waals surface area (Å²) in [7, 11) is 0. The van der Waals surface area contributed by atoms with E-state index < -0.39 is 0 Å². The highest BCUT2D eigenvalue weighted by molar-refractivity contribution is 5.77. The zero-order valence-electron chi connectivity index (χ0n) is 17.6. The molecule has 28 heavy (non-hydrogen) atoms. The highest BCUT2D eigenvalue weighted by atomic mass is 16.7. The topological polar surface area (TPSA) is 44.8 Å². The molecule has 4 aliphatic carbocycles. The molecule has 0 N–H and O–H groups in total. The largest absolute Gasteiger partial charge is 0.462 e. The van der Waals surface area contributed by atoms with E-state index in [1.165, 1.54) is 57.8 Å². The van der Waals surface area contributed by atoms with Gasteiger partial charge in [-0.3, -0.25) is 4.79 Å². The molecule has 0 spiro atoms. The summed E-state index contributed by atoms with van der Waals surface area (Å²) in [6, 6.07) is 0. The zero-order valence-corrected chi connectivity index (χ0v) is 17.6. The fraction of sp³-hybridized carbons (Fsp3) is 0.958. The lowest BCUT2D eigenvalue weighted by atomic mass is 9.59. The molecule has 7 unspecified atom stereocenters. The van der Waals surface area contributed by atoms with Gasteiger partial charge in [0.2, 0.25) is 0 Å². The maximum absolute atomic E-state index is 13.0. The molecule has 5 fully saturated rings. The van der Waals surface area contributed by atoms with E-state index in [0.29, 0.717) is 25.0 Å². The van der Waals surface area contributed by atoms with Gasteiger partial charge in [0.25, 0.3) is 0 Å². The molecule has 5 aliphatic rings. The fourth-order valence-corrected chi connectivity index (χ4v) is 7.59. The molecule has 1 heterocycles. The van der Waals surface area contributed by atoms with E-state index in [0.717, 1.165) is 37.0 Å². The standard InChI is InChI=1S/C24H38O4/c1-16-8-19-6-3-7-24(12-16,13-19)23(25)27-15-21-14-26-22(28-21)20-10-17-4-2-5-18(9-17)11-20/h16-22H,2-15H2,1H3.